The number of hydrogen-bond acceptors (Lipinski definition) is 9. The zero-order valence-corrected chi connectivity index (χ0v) is 20.5. The molecule has 3 heterocycles. The quantitative estimate of drug-likeness (QED) is 0.295. The first-order chi connectivity index (χ1) is 16.4. The monoisotopic (exact) mass is 508 g/mol. The SMILES string of the molecule is CCCc1cc(=O)[nH]c(SCC(=O)N2CCN(C(=O)CSc3nc(CCO)cc(=O)[nH]3)CC2)n1. The van der Waals surface area contributed by atoms with Gasteiger partial charge in [-0.2, -0.15) is 0 Å². The third kappa shape index (κ3) is 7.71. The van der Waals surface area contributed by atoms with Crippen molar-refractivity contribution in [3.63, 3.8) is 0 Å². The predicted octanol–water partition coefficient (Wildman–Crippen LogP) is -0.104. The van der Waals surface area contributed by atoms with Crippen molar-refractivity contribution in [1.82, 2.24) is 29.7 Å². The number of aliphatic hydroxyl groups is 1. The van der Waals surface area contributed by atoms with Gasteiger partial charge >= 0.3 is 0 Å². The summed E-state index contributed by atoms with van der Waals surface area (Å²) in [6.07, 6.45) is 1.86. The normalized spacial score (nSPS) is 13.8. The molecule has 0 aromatic carbocycles. The number of aliphatic hydroxyl groups excluding tert-OH is 1. The van der Waals surface area contributed by atoms with Gasteiger partial charge in [-0.1, -0.05) is 36.9 Å². The average Bonchev–Trinajstić information content (AvgIpc) is 2.81. The number of amides is 2. The van der Waals surface area contributed by atoms with E-state index >= 15 is 0 Å². The van der Waals surface area contributed by atoms with E-state index in [1.165, 1.54) is 23.9 Å². The Balaban J connectivity index is 1.44. The van der Waals surface area contributed by atoms with Gasteiger partial charge in [-0.15, -0.1) is 0 Å². The molecule has 2 aromatic heterocycles. The highest BCUT2D eigenvalue weighted by Gasteiger charge is 2.24. The highest BCUT2D eigenvalue weighted by Crippen LogP contribution is 2.16. The topological polar surface area (TPSA) is 152 Å². The standard InChI is InChI=1S/C21H28N6O5S2/c1-2-3-14-10-16(29)24-20(22-14)33-12-18(31)26-5-7-27(8-6-26)19(32)13-34-21-23-15(4-9-28)11-17(30)25-21/h10-11,28H,2-9,12-13H2,1H3,(H,22,24,29)(H,23,25,30). The fourth-order valence-electron chi connectivity index (χ4n) is 3.38. The fourth-order valence-corrected chi connectivity index (χ4v) is 4.97. The molecule has 3 rings (SSSR count). The van der Waals surface area contributed by atoms with E-state index in [0.29, 0.717) is 54.3 Å². The number of rotatable bonds is 10. The smallest absolute Gasteiger partial charge is 0.251 e. The summed E-state index contributed by atoms with van der Waals surface area (Å²) in [4.78, 5) is 65.9. The molecule has 0 saturated carbocycles. The van der Waals surface area contributed by atoms with E-state index in [1.807, 2.05) is 6.92 Å². The van der Waals surface area contributed by atoms with Crippen molar-refractivity contribution in [2.45, 2.75) is 36.5 Å². The van der Waals surface area contributed by atoms with Gasteiger partial charge in [-0.3, -0.25) is 19.2 Å². The minimum Gasteiger partial charge on any atom is -0.396 e. The van der Waals surface area contributed by atoms with Crippen LogP contribution in [0, 0.1) is 0 Å². The Morgan fingerprint density at radius 3 is 1.74 bits per heavy atom. The number of carbonyl (C=O) groups is 2. The highest BCUT2D eigenvalue weighted by atomic mass is 32.2. The zero-order chi connectivity index (χ0) is 24.5. The summed E-state index contributed by atoms with van der Waals surface area (Å²) < 4.78 is 0. The Kier molecular flexibility index (Phi) is 9.72. The maximum atomic E-state index is 12.6. The first kappa shape index (κ1) is 26.0. The molecule has 1 saturated heterocycles. The van der Waals surface area contributed by atoms with E-state index in [2.05, 4.69) is 19.9 Å². The molecule has 1 aliphatic heterocycles. The number of carbonyl (C=O) groups excluding carboxylic acids is 2. The molecule has 11 nitrogen and oxygen atoms in total. The van der Waals surface area contributed by atoms with Crippen LogP contribution >= 0.6 is 23.5 Å². The van der Waals surface area contributed by atoms with Crippen molar-refractivity contribution in [2.24, 2.45) is 0 Å². The summed E-state index contributed by atoms with van der Waals surface area (Å²) in [6.45, 7) is 3.60. The van der Waals surface area contributed by atoms with Crippen LogP contribution in [-0.4, -0.2) is 90.9 Å². The van der Waals surface area contributed by atoms with Crippen molar-refractivity contribution in [1.29, 1.82) is 0 Å². The number of piperazine rings is 1. The van der Waals surface area contributed by atoms with Crippen molar-refractivity contribution < 1.29 is 14.7 Å². The molecule has 1 aliphatic rings. The molecule has 0 aliphatic carbocycles. The van der Waals surface area contributed by atoms with Gasteiger partial charge in [0.05, 0.1) is 17.2 Å². The van der Waals surface area contributed by atoms with Gasteiger partial charge in [0.2, 0.25) is 11.8 Å². The van der Waals surface area contributed by atoms with Crippen molar-refractivity contribution in [2.75, 3.05) is 44.3 Å². The Bertz CT molecular complexity index is 1030. The molecule has 0 unspecified atom stereocenters. The Hall–Kier alpha value is -2.64. The van der Waals surface area contributed by atoms with Crippen LogP contribution in [0.1, 0.15) is 24.7 Å². The molecule has 0 bridgehead atoms. The number of nitrogens with one attached hydrogen (secondary N) is 2. The second-order valence-electron chi connectivity index (χ2n) is 7.65. The van der Waals surface area contributed by atoms with Crippen molar-refractivity contribution in [3.05, 3.63) is 44.2 Å². The third-order valence-electron chi connectivity index (χ3n) is 5.07. The summed E-state index contributed by atoms with van der Waals surface area (Å²) in [5.74, 6) is 0.0993. The van der Waals surface area contributed by atoms with Crippen LogP contribution < -0.4 is 11.1 Å². The van der Waals surface area contributed by atoms with Crippen LogP contribution in [0.3, 0.4) is 0 Å². The summed E-state index contributed by atoms with van der Waals surface area (Å²) in [6, 6.07) is 2.80. The molecule has 34 heavy (non-hydrogen) atoms. The molecule has 13 heteroatoms. The Morgan fingerprint density at radius 2 is 1.32 bits per heavy atom. The van der Waals surface area contributed by atoms with Gasteiger partial charge in [0.15, 0.2) is 10.3 Å². The zero-order valence-electron chi connectivity index (χ0n) is 18.9. The van der Waals surface area contributed by atoms with Gasteiger partial charge in [-0.25, -0.2) is 9.97 Å². The van der Waals surface area contributed by atoms with E-state index in [9.17, 15) is 19.2 Å². The van der Waals surface area contributed by atoms with E-state index in [0.717, 1.165) is 18.2 Å². The minimum atomic E-state index is -0.324. The lowest BCUT2D eigenvalue weighted by molar-refractivity contribution is -0.136. The van der Waals surface area contributed by atoms with Gasteiger partial charge < -0.3 is 24.9 Å². The molecule has 2 aromatic rings. The molecule has 2 amide bonds. The van der Waals surface area contributed by atoms with Crippen LogP contribution in [0.15, 0.2) is 32.0 Å². The van der Waals surface area contributed by atoms with Crippen molar-refractivity contribution >= 4 is 35.3 Å². The van der Waals surface area contributed by atoms with Crippen LogP contribution in [-0.2, 0) is 22.4 Å². The van der Waals surface area contributed by atoms with Crippen molar-refractivity contribution in [3.8, 4) is 0 Å². The number of nitrogens with zero attached hydrogens (tertiary/aromatic N) is 4. The van der Waals surface area contributed by atoms with E-state index < -0.39 is 0 Å². The molecule has 3 N–H and O–H groups in total. The summed E-state index contributed by atoms with van der Waals surface area (Å²) in [5.41, 5.74) is 0.640. The number of aromatic amines is 2. The molecule has 1 fully saturated rings. The van der Waals surface area contributed by atoms with Gasteiger partial charge in [0, 0.05) is 57.0 Å². The largest absolute Gasteiger partial charge is 0.396 e. The minimum absolute atomic E-state index is 0.0718. The number of thioether (sulfide) groups is 2. The molecule has 0 atom stereocenters. The number of aryl methyl sites for hydroxylation is 1. The molecular formula is C21H28N6O5S2. The number of H-pyrrole nitrogens is 2. The van der Waals surface area contributed by atoms with Crippen LogP contribution in [0.5, 0.6) is 0 Å². The second-order valence-corrected chi connectivity index (χ2v) is 9.57. The lowest BCUT2D eigenvalue weighted by Gasteiger charge is -2.34. The van der Waals surface area contributed by atoms with E-state index in [4.69, 9.17) is 5.11 Å². The lowest BCUT2D eigenvalue weighted by atomic mass is 10.2. The summed E-state index contributed by atoms with van der Waals surface area (Å²) in [5, 5.41) is 9.79. The third-order valence-corrected chi connectivity index (χ3v) is 6.79. The van der Waals surface area contributed by atoms with Gasteiger partial charge in [-0.05, 0) is 6.42 Å². The summed E-state index contributed by atoms with van der Waals surface area (Å²) in [7, 11) is 0. The Morgan fingerprint density at radius 1 is 0.882 bits per heavy atom. The maximum absolute atomic E-state index is 12.6. The van der Waals surface area contributed by atoms with Gasteiger partial charge in [0.1, 0.15) is 0 Å². The summed E-state index contributed by atoms with van der Waals surface area (Å²) >= 11 is 2.34. The average molecular weight is 509 g/mol. The first-order valence-corrected chi connectivity index (χ1v) is 13.0. The molecule has 0 spiro atoms. The molecular weight excluding hydrogens is 480 g/mol. The van der Waals surface area contributed by atoms with Crippen LogP contribution in [0.4, 0.5) is 0 Å². The van der Waals surface area contributed by atoms with Gasteiger partial charge in [0.25, 0.3) is 11.1 Å². The van der Waals surface area contributed by atoms with Crippen LogP contribution in [0.25, 0.3) is 0 Å². The number of aromatic nitrogens is 4. The fraction of sp³-hybridized carbons (Fsp3) is 0.524. The first-order valence-electron chi connectivity index (χ1n) is 11.0. The second kappa shape index (κ2) is 12.7. The highest BCUT2D eigenvalue weighted by molar-refractivity contribution is 8.00. The molecule has 184 valence electrons. The number of hydrogen-bond donors (Lipinski definition) is 3. The maximum Gasteiger partial charge on any atom is 0.251 e. The van der Waals surface area contributed by atoms with Crippen LogP contribution in [0.2, 0.25) is 0 Å². The van der Waals surface area contributed by atoms with E-state index in [1.54, 1.807) is 9.80 Å². The van der Waals surface area contributed by atoms with E-state index in [-0.39, 0.29) is 47.5 Å². The lowest BCUT2D eigenvalue weighted by Crippen LogP contribution is -2.51. The predicted molar refractivity (Wildman–Crippen MR) is 129 cm³/mol. The Labute approximate surface area is 204 Å². The molecule has 0 radical (unpaired) electrons.